The number of hydrogen-bond donors (Lipinski definition) is 1. The molecule has 1 aromatic rings. The first kappa shape index (κ1) is 12.5. The van der Waals surface area contributed by atoms with Crippen molar-refractivity contribution in [3.63, 3.8) is 0 Å². The molecule has 2 nitrogen and oxygen atoms in total. The number of anilines is 1. The van der Waals surface area contributed by atoms with E-state index in [0.29, 0.717) is 12.1 Å². The van der Waals surface area contributed by atoms with E-state index >= 15 is 0 Å². The minimum Gasteiger partial charge on any atom is -0.367 e. The minimum atomic E-state index is -0.631. The molecule has 16 heavy (non-hydrogen) atoms. The van der Waals surface area contributed by atoms with Crippen LogP contribution in [0.3, 0.4) is 0 Å². The van der Waals surface area contributed by atoms with E-state index < -0.39 is 5.54 Å². The molecule has 0 aliphatic heterocycles. The maximum Gasteiger partial charge on any atom is 0.127 e. The van der Waals surface area contributed by atoms with Gasteiger partial charge in [-0.3, -0.25) is 0 Å². The van der Waals surface area contributed by atoms with Gasteiger partial charge in [0.05, 0.1) is 6.07 Å². The summed E-state index contributed by atoms with van der Waals surface area (Å²) in [6.45, 7) is 5.92. The summed E-state index contributed by atoms with van der Waals surface area (Å²) in [5.41, 5.74) is 0.0189. The van der Waals surface area contributed by atoms with Crippen LogP contribution in [0, 0.1) is 23.1 Å². The van der Waals surface area contributed by atoms with Crippen molar-refractivity contribution in [2.45, 2.75) is 32.7 Å². The van der Waals surface area contributed by atoms with Crippen molar-refractivity contribution in [3.8, 4) is 6.07 Å². The molecule has 0 fully saturated rings. The quantitative estimate of drug-likeness (QED) is 0.842. The first-order chi connectivity index (χ1) is 7.54. The van der Waals surface area contributed by atoms with Crippen LogP contribution < -0.4 is 5.32 Å². The average molecular weight is 220 g/mol. The first-order valence-corrected chi connectivity index (χ1v) is 5.49. The number of hydrogen-bond acceptors (Lipinski definition) is 2. The third kappa shape index (κ3) is 2.52. The maximum absolute atomic E-state index is 13.0. The van der Waals surface area contributed by atoms with Gasteiger partial charge in [-0.05, 0) is 30.5 Å². The molecule has 0 heterocycles. The fourth-order valence-corrected chi connectivity index (χ4v) is 1.70. The van der Waals surface area contributed by atoms with Gasteiger partial charge in [0.2, 0.25) is 0 Å². The van der Waals surface area contributed by atoms with E-state index in [0.717, 1.165) is 0 Å². The molecule has 0 saturated carbocycles. The summed E-state index contributed by atoms with van der Waals surface area (Å²) in [5.74, 6) is -0.137. The Labute approximate surface area is 96.1 Å². The molecule has 1 atom stereocenters. The van der Waals surface area contributed by atoms with Crippen molar-refractivity contribution in [1.82, 2.24) is 0 Å². The van der Waals surface area contributed by atoms with Crippen LogP contribution in [0.4, 0.5) is 10.1 Å². The Hall–Kier alpha value is -1.56. The van der Waals surface area contributed by atoms with Crippen molar-refractivity contribution in [2.75, 3.05) is 5.32 Å². The third-order valence-corrected chi connectivity index (χ3v) is 2.93. The molecule has 1 unspecified atom stereocenters. The highest BCUT2D eigenvalue weighted by Gasteiger charge is 2.31. The maximum atomic E-state index is 13.0. The second-order valence-electron chi connectivity index (χ2n) is 4.23. The zero-order chi connectivity index (χ0) is 12.2. The van der Waals surface area contributed by atoms with Gasteiger partial charge in [0.25, 0.3) is 0 Å². The average Bonchev–Trinajstić information content (AvgIpc) is 2.25. The summed E-state index contributed by atoms with van der Waals surface area (Å²) < 4.78 is 13.0. The summed E-state index contributed by atoms with van der Waals surface area (Å²) in [5, 5.41) is 12.4. The fraction of sp³-hybridized carbons (Fsp3) is 0.462. The van der Waals surface area contributed by atoms with E-state index in [1.54, 1.807) is 12.1 Å². The second-order valence-corrected chi connectivity index (χ2v) is 4.23. The van der Waals surface area contributed by atoms with Gasteiger partial charge in [-0.15, -0.1) is 0 Å². The monoisotopic (exact) mass is 220 g/mol. The fourth-order valence-electron chi connectivity index (χ4n) is 1.70. The van der Waals surface area contributed by atoms with Crippen LogP contribution >= 0.6 is 0 Å². The van der Waals surface area contributed by atoms with Crippen molar-refractivity contribution >= 4 is 5.69 Å². The second kappa shape index (κ2) is 4.98. The largest absolute Gasteiger partial charge is 0.367 e. The van der Waals surface area contributed by atoms with E-state index in [9.17, 15) is 9.65 Å². The van der Waals surface area contributed by atoms with Crippen molar-refractivity contribution in [3.05, 3.63) is 30.1 Å². The molecule has 1 rings (SSSR count). The smallest absolute Gasteiger partial charge is 0.127 e. The highest BCUT2D eigenvalue weighted by atomic mass is 19.1. The van der Waals surface area contributed by atoms with Crippen LogP contribution in [0.2, 0.25) is 0 Å². The van der Waals surface area contributed by atoms with Crippen LogP contribution in [0.15, 0.2) is 24.3 Å². The Morgan fingerprint density at radius 2 is 2.19 bits per heavy atom. The summed E-state index contributed by atoms with van der Waals surface area (Å²) in [6, 6.07) is 8.50. The Bertz CT molecular complexity index is 395. The van der Waals surface area contributed by atoms with Crippen LogP contribution in [0.25, 0.3) is 0 Å². The summed E-state index contributed by atoms with van der Waals surface area (Å²) in [4.78, 5) is 0. The van der Waals surface area contributed by atoms with Gasteiger partial charge >= 0.3 is 0 Å². The SMILES string of the molecule is CCC(C#N)(Nc1cccc(F)c1)C(C)C. The van der Waals surface area contributed by atoms with Crippen LogP contribution in [0.5, 0.6) is 0 Å². The Morgan fingerprint density at radius 1 is 1.50 bits per heavy atom. The topological polar surface area (TPSA) is 35.8 Å². The predicted octanol–water partition coefficient (Wildman–Crippen LogP) is 3.57. The number of nitrogens with zero attached hydrogens (tertiary/aromatic N) is 1. The van der Waals surface area contributed by atoms with E-state index in [4.69, 9.17) is 0 Å². The number of rotatable bonds is 4. The molecular formula is C13H17FN2. The van der Waals surface area contributed by atoms with Crippen molar-refractivity contribution in [1.29, 1.82) is 5.26 Å². The molecule has 0 spiro atoms. The lowest BCUT2D eigenvalue weighted by molar-refractivity contribution is 0.416. The zero-order valence-electron chi connectivity index (χ0n) is 9.92. The molecule has 0 bridgehead atoms. The Morgan fingerprint density at radius 3 is 2.62 bits per heavy atom. The van der Waals surface area contributed by atoms with Gasteiger partial charge in [-0.25, -0.2) is 4.39 Å². The molecule has 0 aliphatic carbocycles. The van der Waals surface area contributed by atoms with Gasteiger partial charge in [0.15, 0.2) is 0 Å². The predicted molar refractivity (Wildman–Crippen MR) is 63.5 cm³/mol. The first-order valence-electron chi connectivity index (χ1n) is 5.49. The number of nitrogens with one attached hydrogen (secondary N) is 1. The van der Waals surface area contributed by atoms with E-state index in [-0.39, 0.29) is 11.7 Å². The van der Waals surface area contributed by atoms with Crippen LogP contribution in [-0.2, 0) is 0 Å². The van der Waals surface area contributed by atoms with Crippen molar-refractivity contribution < 1.29 is 4.39 Å². The zero-order valence-corrected chi connectivity index (χ0v) is 9.92. The van der Waals surface area contributed by atoms with Gasteiger partial charge in [0, 0.05) is 5.69 Å². The third-order valence-electron chi connectivity index (χ3n) is 2.93. The highest BCUT2D eigenvalue weighted by molar-refractivity contribution is 5.48. The van der Waals surface area contributed by atoms with Gasteiger partial charge < -0.3 is 5.32 Å². The number of nitriles is 1. The van der Waals surface area contributed by atoms with E-state index in [2.05, 4.69) is 11.4 Å². The normalized spacial score (nSPS) is 14.2. The molecule has 0 aliphatic rings. The van der Waals surface area contributed by atoms with Crippen molar-refractivity contribution in [2.24, 2.45) is 5.92 Å². The Balaban J connectivity index is 2.97. The molecule has 0 aromatic heterocycles. The van der Waals surface area contributed by atoms with E-state index in [1.165, 1.54) is 12.1 Å². The van der Waals surface area contributed by atoms with Crippen LogP contribution in [0.1, 0.15) is 27.2 Å². The number of benzene rings is 1. The van der Waals surface area contributed by atoms with E-state index in [1.807, 2.05) is 20.8 Å². The lowest BCUT2D eigenvalue weighted by atomic mass is 9.85. The van der Waals surface area contributed by atoms with Gasteiger partial charge in [-0.1, -0.05) is 26.8 Å². The molecule has 0 saturated heterocycles. The molecule has 86 valence electrons. The molecular weight excluding hydrogens is 203 g/mol. The lowest BCUT2D eigenvalue weighted by Crippen LogP contribution is -2.41. The molecule has 1 aromatic carbocycles. The lowest BCUT2D eigenvalue weighted by Gasteiger charge is -2.31. The standard InChI is InChI=1S/C13H17FN2/c1-4-13(9-15,10(2)3)16-12-7-5-6-11(14)8-12/h5-8,10,16H,4H2,1-3H3. The molecule has 0 amide bonds. The molecule has 1 N–H and O–H groups in total. The van der Waals surface area contributed by atoms with Gasteiger partial charge in [-0.2, -0.15) is 5.26 Å². The highest BCUT2D eigenvalue weighted by Crippen LogP contribution is 2.26. The summed E-state index contributed by atoms with van der Waals surface area (Å²) >= 11 is 0. The summed E-state index contributed by atoms with van der Waals surface area (Å²) in [7, 11) is 0. The van der Waals surface area contributed by atoms with Crippen LogP contribution in [-0.4, -0.2) is 5.54 Å². The minimum absolute atomic E-state index is 0.158. The van der Waals surface area contributed by atoms with Gasteiger partial charge in [0.1, 0.15) is 11.4 Å². The summed E-state index contributed by atoms with van der Waals surface area (Å²) in [6.07, 6.45) is 0.678. The number of halogens is 1. The molecule has 3 heteroatoms. The Kier molecular flexibility index (Phi) is 3.89. The molecule has 0 radical (unpaired) electrons.